The molecule has 0 aromatic heterocycles. The summed E-state index contributed by atoms with van der Waals surface area (Å²) in [6, 6.07) is 5.51. The van der Waals surface area contributed by atoms with Crippen molar-refractivity contribution in [3.05, 3.63) is 39.9 Å². The Bertz CT molecular complexity index is 849. The van der Waals surface area contributed by atoms with E-state index in [2.05, 4.69) is 0 Å². The van der Waals surface area contributed by atoms with Gasteiger partial charge in [-0.3, -0.25) is 39.2 Å². The normalized spacial score (nSPS) is 19.6. The van der Waals surface area contributed by atoms with Crippen LogP contribution in [0.3, 0.4) is 0 Å². The minimum absolute atomic E-state index is 0.0655. The van der Waals surface area contributed by atoms with Crippen molar-refractivity contribution < 1.29 is 39.4 Å². The second-order valence-corrected chi connectivity index (χ2v) is 8.06. The van der Waals surface area contributed by atoms with Crippen molar-refractivity contribution in [2.24, 2.45) is 0 Å². The summed E-state index contributed by atoms with van der Waals surface area (Å²) >= 11 is 0. The second kappa shape index (κ2) is 13.5. The number of carbonyl (C=O) groups is 3. The molecule has 34 heavy (non-hydrogen) atoms. The molecule has 1 fully saturated rings. The van der Waals surface area contributed by atoms with E-state index in [0.29, 0.717) is 19.5 Å². The number of hydrogen-bond acceptors (Lipinski definition) is 9. The number of aliphatic carboxylic acids is 3. The maximum atomic E-state index is 11.5. The molecule has 1 aromatic rings. The van der Waals surface area contributed by atoms with Crippen molar-refractivity contribution in [1.82, 2.24) is 14.7 Å². The van der Waals surface area contributed by atoms with Crippen LogP contribution in [0.4, 0.5) is 5.69 Å². The Labute approximate surface area is 196 Å². The lowest BCUT2D eigenvalue weighted by molar-refractivity contribution is -0.384. The number of nitro groups is 1. The van der Waals surface area contributed by atoms with E-state index in [1.807, 2.05) is 0 Å². The molecular formula is C21H30N4O9. The van der Waals surface area contributed by atoms with Gasteiger partial charge in [0.25, 0.3) is 5.69 Å². The molecule has 0 amide bonds. The van der Waals surface area contributed by atoms with Crippen molar-refractivity contribution in [2.45, 2.75) is 12.5 Å². The van der Waals surface area contributed by atoms with E-state index in [9.17, 15) is 34.7 Å². The van der Waals surface area contributed by atoms with Crippen molar-refractivity contribution >= 4 is 23.6 Å². The Morgan fingerprint density at radius 3 is 2.03 bits per heavy atom. The molecule has 0 saturated carbocycles. The molecule has 1 atom stereocenters. The van der Waals surface area contributed by atoms with Crippen molar-refractivity contribution in [3.8, 4) is 0 Å². The van der Waals surface area contributed by atoms with Crippen LogP contribution in [0.5, 0.6) is 0 Å². The lowest BCUT2D eigenvalue weighted by Gasteiger charge is -2.36. The van der Waals surface area contributed by atoms with Crippen molar-refractivity contribution in [3.63, 3.8) is 0 Å². The molecule has 0 unspecified atom stereocenters. The third-order valence-electron chi connectivity index (χ3n) is 5.47. The van der Waals surface area contributed by atoms with E-state index in [0.717, 1.165) is 5.56 Å². The molecule has 0 bridgehead atoms. The van der Waals surface area contributed by atoms with Crippen LogP contribution in [0, 0.1) is 10.1 Å². The van der Waals surface area contributed by atoms with Crippen LogP contribution < -0.4 is 0 Å². The van der Waals surface area contributed by atoms with E-state index >= 15 is 0 Å². The third kappa shape index (κ3) is 9.79. The molecule has 13 nitrogen and oxygen atoms in total. The third-order valence-corrected chi connectivity index (χ3v) is 5.47. The van der Waals surface area contributed by atoms with Gasteiger partial charge in [0, 0.05) is 50.9 Å². The Morgan fingerprint density at radius 1 is 0.882 bits per heavy atom. The number of non-ortho nitro benzene ring substituents is 1. The molecule has 0 spiro atoms. The van der Waals surface area contributed by atoms with E-state index in [-0.39, 0.29) is 58.2 Å². The molecule has 1 aliphatic rings. The molecule has 3 N–H and O–H groups in total. The molecule has 0 radical (unpaired) electrons. The maximum absolute atomic E-state index is 11.5. The zero-order chi connectivity index (χ0) is 25.1. The van der Waals surface area contributed by atoms with Crippen LogP contribution in [0.15, 0.2) is 24.3 Å². The topological polar surface area (TPSA) is 174 Å². The van der Waals surface area contributed by atoms with Gasteiger partial charge < -0.3 is 20.1 Å². The molecule has 2 rings (SSSR count). The number of carboxylic acid groups (broad SMARTS) is 3. The molecule has 1 heterocycles. The molecule has 0 aliphatic carbocycles. The highest BCUT2D eigenvalue weighted by molar-refractivity contribution is 5.70. The Balaban J connectivity index is 2.29. The van der Waals surface area contributed by atoms with Crippen molar-refractivity contribution in [2.75, 3.05) is 65.6 Å². The number of hydrogen-bond donors (Lipinski definition) is 3. The molecule has 1 aromatic carbocycles. The summed E-state index contributed by atoms with van der Waals surface area (Å²) in [4.78, 5) is 49.7. The number of ether oxygens (including phenoxy) is 1. The van der Waals surface area contributed by atoms with Gasteiger partial charge in [0.05, 0.1) is 37.8 Å². The van der Waals surface area contributed by atoms with Gasteiger partial charge in [-0.2, -0.15) is 0 Å². The fourth-order valence-electron chi connectivity index (χ4n) is 3.85. The van der Waals surface area contributed by atoms with E-state index in [4.69, 9.17) is 9.84 Å². The Morgan fingerprint density at radius 2 is 1.44 bits per heavy atom. The summed E-state index contributed by atoms with van der Waals surface area (Å²) < 4.78 is 5.61. The van der Waals surface area contributed by atoms with Crippen molar-refractivity contribution in [1.29, 1.82) is 0 Å². The molecule has 188 valence electrons. The predicted molar refractivity (Wildman–Crippen MR) is 119 cm³/mol. The average Bonchev–Trinajstić information content (AvgIpc) is 2.74. The summed E-state index contributed by atoms with van der Waals surface area (Å²) in [6.07, 6.45) is 0.334. The number of carboxylic acids is 3. The first-order valence-corrected chi connectivity index (χ1v) is 10.8. The first kappa shape index (κ1) is 27.1. The first-order valence-electron chi connectivity index (χ1n) is 10.8. The fourth-order valence-corrected chi connectivity index (χ4v) is 3.85. The Hall–Kier alpha value is -3.13. The zero-order valence-corrected chi connectivity index (χ0v) is 18.7. The SMILES string of the molecule is O=C(O)CN1CCOCCN(CC(=O)O)[C@@H](Cc2ccc([N+](=O)[O-])cc2)CN(CC(=O)O)CC1. The summed E-state index contributed by atoms with van der Waals surface area (Å²) in [5.74, 6) is -3.10. The highest BCUT2D eigenvalue weighted by atomic mass is 16.6. The minimum Gasteiger partial charge on any atom is -0.480 e. The van der Waals surface area contributed by atoms with E-state index in [1.165, 1.54) is 12.1 Å². The highest BCUT2D eigenvalue weighted by Crippen LogP contribution is 2.16. The molecular weight excluding hydrogens is 452 g/mol. The van der Waals surface area contributed by atoms with Crippen LogP contribution in [-0.4, -0.2) is 124 Å². The number of rotatable bonds is 9. The zero-order valence-electron chi connectivity index (χ0n) is 18.7. The summed E-state index contributed by atoms with van der Waals surface area (Å²) in [5, 5.41) is 38.9. The van der Waals surface area contributed by atoms with Crippen LogP contribution in [0.1, 0.15) is 5.56 Å². The van der Waals surface area contributed by atoms with Gasteiger partial charge in [0.15, 0.2) is 0 Å². The molecule has 1 aliphatic heterocycles. The quantitative estimate of drug-likeness (QED) is 0.310. The maximum Gasteiger partial charge on any atom is 0.317 e. The van der Waals surface area contributed by atoms with Crippen LogP contribution >= 0.6 is 0 Å². The Kier molecular flexibility index (Phi) is 10.8. The largest absolute Gasteiger partial charge is 0.480 e. The number of nitrogens with zero attached hydrogens (tertiary/aromatic N) is 4. The molecule has 1 saturated heterocycles. The van der Waals surface area contributed by atoms with Gasteiger partial charge in [0.2, 0.25) is 0 Å². The fraction of sp³-hybridized carbons (Fsp3) is 0.571. The van der Waals surface area contributed by atoms with Gasteiger partial charge in [-0.1, -0.05) is 12.1 Å². The van der Waals surface area contributed by atoms with Gasteiger partial charge in [-0.15, -0.1) is 0 Å². The number of nitro benzene ring substituents is 1. The average molecular weight is 482 g/mol. The van der Waals surface area contributed by atoms with Gasteiger partial charge >= 0.3 is 17.9 Å². The highest BCUT2D eigenvalue weighted by Gasteiger charge is 2.26. The summed E-state index contributed by atoms with van der Waals surface area (Å²) in [6.45, 7) is 1.05. The first-order chi connectivity index (χ1) is 16.1. The van der Waals surface area contributed by atoms with Gasteiger partial charge in [-0.25, -0.2) is 0 Å². The lowest BCUT2D eigenvalue weighted by atomic mass is 10.0. The van der Waals surface area contributed by atoms with Gasteiger partial charge in [-0.05, 0) is 12.0 Å². The lowest BCUT2D eigenvalue weighted by Crippen LogP contribution is -2.51. The van der Waals surface area contributed by atoms with Crippen LogP contribution in [0.25, 0.3) is 0 Å². The monoisotopic (exact) mass is 482 g/mol. The van der Waals surface area contributed by atoms with Crippen LogP contribution in [-0.2, 0) is 25.5 Å². The van der Waals surface area contributed by atoms with Gasteiger partial charge in [0.1, 0.15) is 0 Å². The minimum atomic E-state index is -1.06. The van der Waals surface area contributed by atoms with E-state index in [1.54, 1.807) is 26.8 Å². The summed E-state index contributed by atoms with van der Waals surface area (Å²) in [7, 11) is 0. The summed E-state index contributed by atoms with van der Waals surface area (Å²) in [5.41, 5.74) is 0.672. The van der Waals surface area contributed by atoms with Crippen LogP contribution in [0.2, 0.25) is 0 Å². The smallest absolute Gasteiger partial charge is 0.317 e. The molecule has 13 heteroatoms. The number of benzene rings is 1. The van der Waals surface area contributed by atoms with E-state index < -0.39 is 28.9 Å². The standard InChI is InChI=1S/C21H30N4O9/c26-19(27)13-22-5-6-23(14-20(28)29)12-18(11-16-1-3-17(4-2-16)25(32)33)24(15-21(30)31)8-10-34-9-7-22/h1-4,18H,5-15H2,(H,26,27)(H,28,29)(H,30,31)/t18-/m0/s1. The predicted octanol–water partition coefficient (Wildman–Crippen LogP) is -0.304. The second-order valence-electron chi connectivity index (χ2n) is 8.06.